The fraction of sp³-hybridized carbons (Fsp3) is 0.556. The van der Waals surface area contributed by atoms with Gasteiger partial charge in [0.1, 0.15) is 5.76 Å². The van der Waals surface area contributed by atoms with E-state index in [1.54, 1.807) is 0 Å². The van der Waals surface area contributed by atoms with Crippen LogP contribution in [-0.4, -0.2) is 0 Å². The van der Waals surface area contributed by atoms with E-state index in [4.69, 9.17) is 10.2 Å². The van der Waals surface area contributed by atoms with Gasteiger partial charge in [0.05, 0.1) is 0 Å². The molecule has 0 bridgehead atoms. The molecule has 2 nitrogen and oxygen atoms in total. The number of fused-ring (bicyclic) bond motifs is 1. The predicted octanol–water partition coefficient (Wildman–Crippen LogP) is 2.30. The summed E-state index contributed by atoms with van der Waals surface area (Å²) in [4.78, 5) is 0. The smallest absolute Gasteiger partial charge is 0.190 e. The molecule has 0 aromatic carbocycles. The fourth-order valence-corrected chi connectivity index (χ4v) is 1.80. The van der Waals surface area contributed by atoms with E-state index in [0.717, 1.165) is 12.2 Å². The summed E-state index contributed by atoms with van der Waals surface area (Å²) in [6.07, 6.45) is 3.57. The SMILES string of the molecule is CC1CCCc2oc(N)cc21. The van der Waals surface area contributed by atoms with Crippen LogP contribution >= 0.6 is 0 Å². The van der Waals surface area contributed by atoms with E-state index >= 15 is 0 Å². The van der Waals surface area contributed by atoms with E-state index in [-0.39, 0.29) is 0 Å². The Morgan fingerprint density at radius 1 is 1.64 bits per heavy atom. The Bertz CT molecular complexity index is 265. The molecule has 0 amide bonds. The maximum Gasteiger partial charge on any atom is 0.190 e. The summed E-state index contributed by atoms with van der Waals surface area (Å²) in [6.45, 7) is 2.23. The first-order valence-electron chi connectivity index (χ1n) is 4.15. The summed E-state index contributed by atoms with van der Waals surface area (Å²) in [7, 11) is 0. The molecule has 1 aliphatic rings. The molecule has 11 heavy (non-hydrogen) atoms. The molecule has 0 spiro atoms. The number of nitrogen functional groups attached to an aromatic ring is 1. The lowest BCUT2D eigenvalue weighted by Crippen LogP contribution is -2.03. The third-order valence-corrected chi connectivity index (χ3v) is 2.43. The summed E-state index contributed by atoms with van der Waals surface area (Å²) in [5.41, 5.74) is 6.88. The van der Waals surface area contributed by atoms with E-state index in [0.29, 0.717) is 11.8 Å². The summed E-state index contributed by atoms with van der Waals surface area (Å²) in [5, 5.41) is 0. The van der Waals surface area contributed by atoms with Crippen molar-refractivity contribution < 1.29 is 4.42 Å². The average Bonchev–Trinajstić information content (AvgIpc) is 2.31. The quantitative estimate of drug-likeness (QED) is 0.618. The number of aryl methyl sites for hydroxylation is 1. The van der Waals surface area contributed by atoms with Crippen LogP contribution in [0, 0.1) is 0 Å². The van der Waals surface area contributed by atoms with Gasteiger partial charge in [-0.25, -0.2) is 0 Å². The summed E-state index contributed by atoms with van der Waals surface area (Å²) in [6, 6.07) is 1.97. The molecule has 0 aliphatic heterocycles. The van der Waals surface area contributed by atoms with Crippen LogP contribution in [0.4, 0.5) is 5.88 Å². The third kappa shape index (κ3) is 1.02. The Hall–Kier alpha value is -0.920. The number of hydrogen-bond donors (Lipinski definition) is 1. The average molecular weight is 151 g/mol. The second kappa shape index (κ2) is 2.29. The van der Waals surface area contributed by atoms with Crippen LogP contribution in [0.3, 0.4) is 0 Å². The summed E-state index contributed by atoms with van der Waals surface area (Å²) in [5.74, 6) is 2.32. The molecule has 0 saturated heterocycles. The van der Waals surface area contributed by atoms with Crippen LogP contribution in [0.2, 0.25) is 0 Å². The van der Waals surface area contributed by atoms with Crippen molar-refractivity contribution in [1.82, 2.24) is 0 Å². The minimum Gasteiger partial charge on any atom is -0.446 e. The fourth-order valence-electron chi connectivity index (χ4n) is 1.80. The third-order valence-electron chi connectivity index (χ3n) is 2.43. The van der Waals surface area contributed by atoms with Gasteiger partial charge in [-0.1, -0.05) is 6.92 Å². The molecule has 1 atom stereocenters. The number of rotatable bonds is 0. The molecular formula is C9H13NO. The van der Waals surface area contributed by atoms with Gasteiger partial charge in [-0.15, -0.1) is 0 Å². The second-order valence-electron chi connectivity index (χ2n) is 3.32. The molecule has 1 heterocycles. The highest BCUT2D eigenvalue weighted by molar-refractivity contribution is 5.37. The molecule has 2 N–H and O–H groups in total. The van der Waals surface area contributed by atoms with E-state index in [9.17, 15) is 0 Å². The van der Waals surface area contributed by atoms with Crippen LogP contribution in [0.15, 0.2) is 10.5 Å². The first kappa shape index (κ1) is 6.77. The zero-order valence-corrected chi connectivity index (χ0v) is 6.76. The van der Waals surface area contributed by atoms with Gasteiger partial charge in [0.15, 0.2) is 5.88 Å². The van der Waals surface area contributed by atoms with Crippen LogP contribution in [0.25, 0.3) is 0 Å². The maximum absolute atomic E-state index is 5.55. The number of furan rings is 1. The normalized spacial score (nSPS) is 23.2. The minimum atomic E-state index is 0.573. The van der Waals surface area contributed by atoms with Crippen molar-refractivity contribution in [1.29, 1.82) is 0 Å². The van der Waals surface area contributed by atoms with Crippen molar-refractivity contribution >= 4 is 5.88 Å². The Labute approximate surface area is 66.4 Å². The molecular weight excluding hydrogens is 138 g/mol. The van der Waals surface area contributed by atoms with Gasteiger partial charge in [-0.3, -0.25) is 0 Å². The van der Waals surface area contributed by atoms with E-state index < -0.39 is 0 Å². The van der Waals surface area contributed by atoms with Crippen LogP contribution in [0.5, 0.6) is 0 Å². The molecule has 1 aromatic heterocycles. The summed E-state index contributed by atoms with van der Waals surface area (Å²) >= 11 is 0. The molecule has 2 heteroatoms. The first-order chi connectivity index (χ1) is 5.27. The van der Waals surface area contributed by atoms with E-state index in [2.05, 4.69) is 6.92 Å². The van der Waals surface area contributed by atoms with Gasteiger partial charge >= 0.3 is 0 Å². The van der Waals surface area contributed by atoms with E-state index in [1.807, 2.05) is 6.07 Å². The van der Waals surface area contributed by atoms with E-state index in [1.165, 1.54) is 18.4 Å². The Morgan fingerprint density at radius 2 is 2.45 bits per heavy atom. The van der Waals surface area contributed by atoms with Crippen molar-refractivity contribution in [3.05, 3.63) is 17.4 Å². The minimum absolute atomic E-state index is 0.573. The standard InChI is InChI=1S/C9H13NO/c1-6-3-2-4-8-7(6)5-9(10)11-8/h5-6H,2-4,10H2,1H3. The molecule has 0 radical (unpaired) electrons. The lowest BCUT2D eigenvalue weighted by Gasteiger charge is -2.15. The molecule has 0 saturated carbocycles. The van der Waals surface area contributed by atoms with Crippen molar-refractivity contribution in [2.24, 2.45) is 0 Å². The summed E-state index contributed by atoms with van der Waals surface area (Å²) < 4.78 is 5.35. The Balaban J connectivity index is 2.43. The first-order valence-corrected chi connectivity index (χ1v) is 4.15. The molecule has 1 aromatic rings. The highest BCUT2D eigenvalue weighted by Crippen LogP contribution is 2.33. The van der Waals surface area contributed by atoms with Crippen LogP contribution < -0.4 is 5.73 Å². The van der Waals surface area contributed by atoms with Crippen LogP contribution in [0.1, 0.15) is 37.0 Å². The molecule has 0 fully saturated rings. The number of hydrogen-bond acceptors (Lipinski definition) is 2. The van der Waals surface area contributed by atoms with Gasteiger partial charge in [0.2, 0.25) is 0 Å². The van der Waals surface area contributed by atoms with Gasteiger partial charge in [0.25, 0.3) is 0 Å². The topological polar surface area (TPSA) is 39.2 Å². The maximum atomic E-state index is 5.55. The van der Waals surface area contributed by atoms with Gasteiger partial charge in [-0.2, -0.15) is 0 Å². The second-order valence-corrected chi connectivity index (χ2v) is 3.32. The number of anilines is 1. The lowest BCUT2D eigenvalue weighted by molar-refractivity contribution is 0.469. The molecule has 60 valence electrons. The van der Waals surface area contributed by atoms with Gasteiger partial charge in [0, 0.05) is 12.5 Å². The molecule has 2 rings (SSSR count). The monoisotopic (exact) mass is 151 g/mol. The zero-order chi connectivity index (χ0) is 7.84. The lowest BCUT2D eigenvalue weighted by atomic mass is 9.89. The highest BCUT2D eigenvalue weighted by Gasteiger charge is 2.19. The Morgan fingerprint density at radius 3 is 3.18 bits per heavy atom. The zero-order valence-electron chi connectivity index (χ0n) is 6.76. The largest absolute Gasteiger partial charge is 0.446 e. The highest BCUT2D eigenvalue weighted by atomic mass is 16.4. The van der Waals surface area contributed by atoms with Gasteiger partial charge in [-0.05, 0) is 24.3 Å². The van der Waals surface area contributed by atoms with Crippen molar-refractivity contribution in [2.75, 3.05) is 5.73 Å². The van der Waals surface area contributed by atoms with Crippen molar-refractivity contribution in [3.63, 3.8) is 0 Å². The predicted molar refractivity (Wildman–Crippen MR) is 44.5 cm³/mol. The number of nitrogens with two attached hydrogens (primary N) is 1. The molecule has 1 unspecified atom stereocenters. The Kier molecular flexibility index (Phi) is 1.41. The van der Waals surface area contributed by atoms with Crippen molar-refractivity contribution in [2.45, 2.75) is 32.1 Å². The van der Waals surface area contributed by atoms with Crippen molar-refractivity contribution in [3.8, 4) is 0 Å². The van der Waals surface area contributed by atoms with Gasteiger partial charge < -0.3 is 10.2 Å². The van der Waals surface area contributed by atoms with Crippen LogP contribution in [-0.2, 0) is 6.42 Å². The molecule has 1 aliphatic carbocycles.